The largest absolute Gasteiger partial charge is 0.394 e. The number of terminal acetylenes is 1. The van der Waals surface area contributed by atoms with Crippen molar-refractivity contribution >= 4 is 5.91 Å². The van der Waals surface area contributed by atoms with Gasteiger partial charge >= 0.3 is 0 Å². The maximum absolute atomic E-state index is 11.7. The average molecular weight is 259 g/mol. The zero-order valence-electron chi connectivity index (χ0n) is 11.1. The first kappa shape index (κ1) is 15.3. The summed E-state index contributed by atoms with van der Waals surface area (Å²) in [4.78, 5) is 11.7. The Morgan fingerprint density at radius 3 is 2.68 bits per heavy atom. The van der Waals surface area contributed by atoms with E-state index in [2.05, 4.69) is 11.2 Å². The molecule has 0 aliphatic heterocycles. The summed E-state index contributed by atoms with van der Waals surface area (Å²) in [5.74, 6) is 2.53. The molecule has 3 nitrogen and oxygen atoms in total. The number of benzene rings is 1. The molecule has 0 radical (unpaired) electrons. The lowest BCUT2D eigenvalue weighted by Crippen LogP contribution is -2.38. The van der Waals surface area contributed by atoms with Crippen LogP contribution in [-0.4, -0.2) is 23.7 Å². The molecule has 2 N–H and O–H groups in total. The van der Waals surface area contributed by atoms with Crippen LogP contribution in [0.25, 0.3) is 0 Å². The summed E-state index contributed by atoms with van der Waals surface area (Å²) in [6, 6.07) is 9.60. The van der Waals surface area contributed by atoms with Gasteiger partial charge in [0.2, 0.25) is 5.91 Å². The molecule has 0 aliphatic rings. The molecular formula is C16H21NO2. The third-order valence-corrected chi connectivity index (χ3v) is 2.89. The molecule has 0 heterocycles. The fourth-order valence-corrected chi connectivity index (χ4v) is 1.87. The van der Waals surface area contributed by atoms with Crippen LogP contribution >= 0.6 is 0 Å². The Labute approximate surface area is 115 Å². The van der Waals surface area contributed by atoms with Crippen LogP contribution in [0.1, 0.15) is 31.2 Å². The molecule has 3 heteroatoms. The van der Waals surface area contributed by atoms with Crippen LogP contribution < -0.4 is 5.32 Å². The van der Waals surface area contributed by atoms with Crippen molar-refractivity contribution in [3.63, 3.8) is 0 Å². The van der Waals surface area contributed by atoms with Crippen molar-refractivity contribution in [1.29, 1.82) is 0 Å². The van der Waals surface area contributed by atoms with E-state index in [1.807, 2.05) is 30.3 Å². The average Bonchev–Trinajstić information content (AvgIpc) is 2.44. The van der Waals surface area contributed by atoms with Crippen molar-refractivity contribution in [2.75, 3.05) is 6.61 Å². The molecule has 0 fully saturated rings. The first-order chi connectivity index (χ1) is 9.26. The highest BCUT2D eigenvalue weighted by Gasteiger charge is 2.11. The molecule has 0 saturated heterocycles. The van der Waals surface area contributed by atoms with E-state index in [4.69, 9.17) is 6.42 Å². The number of nitrogens with one attached hydrogen (secondary N) is 1. The fraction of sp³-hybridized carbons (Fsp3) is 0.438. The number of carbonyl (C=O) groups is 1. The Balaban J connectivity index is 2.32. The third-order valence-electron chi connectivity index (χ3n) is 2.89. The van der Waals surface area contributed by atoms with Gasteiger partial charge in [-0.15, -0.1) is 12.3 Å². The van der Waals surface area contributed by atoms with Gasteiger partial charge in [-0.1, -0.05) is 30.3 Å². The lowest BCUT2D eigenvalue weighted by molar-refractivity contribution is -0.122. The molecular weight excluding hydrogens is 238 g/mol. The second-order valence-corrected chi connectivity index (χ2v) is 4.55. The van der Waals surface area contributed by atoms with Crippen LogP contribution in [0.4, 0.5) is 0 Å². The normalized spacial score (nSPS) is 11.6. The Hall–Kier alpha value is -1.79. The predicted molar refractivity (Wildman–Crippen MR) is 76.5 cm³/mol. The molecule has 0 spiro atoms. The topological polar surface area (TPSA) is 49.3 Å². The third kappa shape index (κ3) is 6.64. The van der Waals surface area contributed by atoms with Gasteiger partial charge in [0.15, 0.2) is 0 Å². The second-order valence-electron chi connectivity index (χ2n) is 4.55. The number of amides is 1. The highest BCUT2D eigenvalue weighted by Crippen LogP contribution is 2.04. The number of aliphatic hydroxyl groups excluding tert-OH is 1. The zero-order chi connectivity index (χ0) is 13.9. The van der Waals surface area contributed by atoms with E-state index in [9.17, 15) is 9.90 Å². The summed E-state index contributed by atoms with van der Waals surface area (Å²) in [6.07, 6.45) is 8.63. The van der Waals surface area contributed by atoms with Gasteiger partial charge < -0.3 is 10.4 Å². The molecule has 0 aliphatic carbocycles. The van der Waals surface area contributed by atoms with Crippen LogP contribution in [0.15, 0.2) is 30.3 Å². The minimum atomic E-state index is -0.220. The SMILES string of the molecule is C#CCCCCC(=O)N[C@H](CO)Cc1ccccc1. The number of aliphatic hydroxyl groups is 1. The Kier molecular flexibility index (Phi) is 7.38. The van der Waals surface area contributed by atoms with Gasteiger partial charge in [0, 0.05) is 12.8 Å². The molecule has 1 aromatic carbocycles. The van der Waals surface area contributed by atoms with E-state index in [0.29, 0.717) is 19.3 Å². The fourth-order valence-electron chi connectivity index (χ4n) is 1.87. The molecule has 19 heavy (non-hydrogen) atoms. The molecule has 0 saturated carbocycles. The minimum Gasteiger partial charge on any atom is -0.394 e. The van der Waals surface area contributed by atoms with Crippen molar-refractivity contribution in [1.82, 2.24) is 5.32 Å². The number of hydrogen-bond acceptors (Lipinski definition) is 2. The highest BCUT2D eigenvalue weighted by molar-refractivity contribution is 5.76. The highest BCUT2D eigenvalue weighted by atomic mass is 16.3. The molecule has 1 rings (SSSR count). The smallest absolute Gasteiger partial charge is 0.220 e. The Morgan fingerprint density at radius 2 is 2.05 bits per heavy atom. The standard InChI is InChI=1S/C16H21NO2/c1-2-3-4-8-11-16(19)17-15(13-18)12-14-9-6-5-7-10-14/h1,5-7,9-10,15,18H,3-4,8,11-13H2,(H,17,19)/t15-/m0/s1. The van der Waals surface area contributed by atoms with Crippen molar-refractivity contribution in [3.05, 3.63) is 35.9 Å². The lowest BCUT2D eigenvalue weighted by Gasteiger charge is -2.16. The lowest BCUT2D eigenvalue weighted by atomic mass is 10.1. The summed E-state index contributed by atoms with van der Waals surface area (Å²) in [6.45, 7) is -0.0506. The minimum absolute atomic E-state index is 0.0213. The van der Waals surface area contributed by atoms with Crippen LogP contribution in [-0.2, 0) is 11.2 Å². The summed E-state index contributed by atoms with van der Waals surface area (Å²) < 4.78 is 0. The van der Waals surface area contributed by atoms with Crippen molar-refractivity contribution in [3.8, 4) is 12.3 Å². The monoisotopic (exact) mass is 259 g/mol. The molecule has 0 unspecified atom stereocenters. The van der Waals surface area contributed by atoms with Gasteiger partial charge in [-0.05, 0) is 24.8 Å². The quantitative estimate of drug-likeness (QED) is 0.553. The van der Waals surface area contributed by atoms with E-state index in [-0.39, 0.29) is 18.6 Å². The van der Waals surface area contributed by atoms with E-state index in [1.165, 1.54) is 0 Å². The van der Waals surface area contributed by atoms with Crippen molar-refractivity contribution in [2.24, 2.45) is 0 Å². The number of hydrogen-bond donors (Lipinski definition) is 2. The second kappa shape index (κ2) is 9.18. The van der Waals surface area contributed by atoms with Crippen molar-refractivity contribution < 1.29 is 9.90 Å². The van der Waals surface area contributed by atoms with Gasteiger partial charge in [-0.25, -0.2) is 0 Å². The molecule has 0 aromatic heterocycles. The number of rotatable bonds is 8. The van der Waals surface area contributed by atoms with E-state index in [0.717, 1.165) is 18.4 Å². The maximum atomic E-state index is 11.7. The molecule has 0 bridgehead atoms. The Bertz CT molecular complexity index is 409. The van der Waals surface area contributed by atoms with Gasteiger partial charge in [0.1, 0.15) is 0 Å². The zero-order valence-corrected chi connectivity index (χ0v) is 11.1. The van der Waals surface area contributed by atoms with Crippen molar-refractivity contribution in [2.45, 2.75) is 38.1 Å². The Morgan fingerprint density at radius 1 is 1.32 bits per heavy atom. The predicted octanol–water partition coefficient (Wildman–Crippen LogP) is 1.90. The summed E-state index contributed by atoms with van der Waals surface area (Å²) >= 11 is 0. The summed E-state index contributed by atoms with van der Waals surface area (Å²) in [5.41, 5.74) is 1.11. The van der Waals surface area contributed by atoms with Crippen LogP contribution in [0, 0.1) is 12.3 Å². The number of unbranched alkanes of at least 4 members (excludes halogenated alkanes) is 2. The first-order valence-corrected chi connectivity index (χ1v) is 6.64. The van der Waals surface area contributed by atoms with Gasteiger partial charge in [-0.3, -0.25) is 4.79 Å². The van der Waals surface area contributed by atoms with Crippen LogP contribution in [0.5, 0.6) is 0 Å². The first-order valence-electron chi connectivity index (χ1n) is 6.64. The molecule has 102 valence electrons. The van der Waals surface area contributed by atoms with Gasteiger partial charge in [0.25, 0.3) is 0 Å². The van der Waals surface area contributed by atoms with E-state index < -0.39 is 0 Å². The van der Waals surface area contributed by atoms with Crippen LogP contribution in [0.3, 0.4) is 0 Å². The van der Waals surface area contributed by atoms with Gasteiger partial charge in [-0.2, -0.15) is 0 Å². The number of carbonyl (C=O) groups excluding carboxylic acids is 1. The van der Waals surface area contributed by atoms with Crippen LogP contribution in [0.2, 0.25) is 0 Å². The van der Waals surface area contributed by atoms with Gasteiger partial charge in [0.05, 0.1) is 12.6 Å². The van der Waals surface area contributed by atoms with E-state index >= 15 is 0 Å². The molecule has 1 atom stereocenters. The summed E-state index contributed by atoms with van der Waals surface area (Å²) in [5, 5.41) is 12.2. The molecule has 1 aromatic rings. The maximum Gasteiger partial charge on any atom is 0.220 e. The van der Waals surface area contributed by atoms with E-state index in [1.54, 1.807) is 0 Å². The summed E-state index contributed by atoms with van der Waals surface area (Å²) in [7, 11) is 0. The molecule has 1 amide bonds.